The third-order valence-corrected chi connectivity index (χ3v) is 4.40. The fraction of sp³-hybridized carbons (Fsp3) is 0.600. The minimum Gasteiger partial charge on any atom is -0.385 e. The first-order valence-electron chi connectivity index (χ1n) is 6.68. The van der Waals surface area contributed by atoms with Gasteiger partial charge in [0.25, 0.3) is 0 Å². The van der Waals surface area contributed by atoms with Gasteiger partial charge >= 0.3 is 0 Å². The van der Waals surface area contributed by atoms with Crippen LogP contribution in [0.1, 0.15) is 44.6 Å². The Morgan fingerprint density at radius 2 is 2.11 bits per heavy atom. The van der Waals surface area contributed by atoms with Crippen LogP contribution in [0, 0.1) is 3.57 Å². The molecule has 2 atom stereocenters. The van der Waals surface area contributed by atoms with Gasteiger partial charge in [0.05, 0.1) is 11.7 Å². The Morgan fingerprint density at radius 1 is 1.39 bits per heavy atom. The lowest BCUT2D eigenvalue weighted by Gasteiger charge is -2.24. The molecule has 100 valence electrons. The predicted octanol–water partition coefficient (Wildman–Crippen LogP) is 3.85. The summed E-state index contributed by atoms with van der Waals surface area (Å²) in [5, 5.41) is 10.5. The zero-order chi connectivity index (χ0) is 13.0. The number of hydrogen-bond acceptors (Lipinski definition) is 2. The number of benzene rings is 1. The lowest BCUT2D eigenvalue weighted by molar-refractivity contribution is 0.0372. The molecule has 1 aromatic carbocycles. The largest absolute Gasteiger partial charge is 0.385 e. The molecule has 1 fully saturated rings. The molecule has 1 N–H and O–H groups in total. The van der Waals surface area contributed by atoms with Crippen LogP contribution in [0.2, 0.25) is 0 Å². The van der Waals surface area contributed by atoms with Crippen molar-refractivity contribution in [3.05, 3.63) is 33.4 Å². The molecule has 2 nitrogen and oxygen atoms in total. The van der Waals surface area contributed by atoms with Crippen molar-refractivity contribution in [1.82, 2.24) is 0 Å². The number of halogens is 1. The SMILES string of the molecule is CC(O)(CCCC1CCCO1)c1ccc(I)cc1. The van der Waals surface area contributed by atoms with E-state index in [0.717, 1.165) is 31.4 Å². The summed E-state index contributed by atoms with van der Waals surface area (Å²) in [5.41, 5.74) is 0.290. The van der Waals surface area contributed by atoms with Gasteiger partial charge in [0.2, 0.25) is 0 Å². The molecule has 1 saturated heterocycles. The summed E-state index contributed by atoms with van der Waals surface area (Å²) in [6, 6.07) is 8.14. The van der Waals surface area contributed by atoms with Gasteiger partial charge in [0.1, 0.15) is 0 Å². The minimum absolute atomic E-state index is 0.428. The van der Waals surface area contributed by atoms with Gasteiger partial charge in [-0.05, 0) is 79.3 Å². The molecular formula is C15H21IO2. The monoisotopic (exact) mass is 360 g/mol. The lowest BCUT2D eigenvalue weighted by Crippen LogP contribution is -2.21. The van der Waals surface area contributed by atoms with Gasteiger partial charge < -0.3 is 9.84 Å². The Morgan fingerprint density at radius 3 is 2.72 bits per heavy atom. The molecule has 1 aliphatic rings. The molecule has 1 aliphatic heterocycles. The molecule has 1 aromatic rings. The smallest absolute Gasteiger partial charge is 0.0868 e. The zero-order valence-corrected chi connectivity index (χ0v) is 13.0. The van der Waals surface area contributed by atoms with E-state index in [1.54, 1.807) is 0 Å². The molecule has 2 rings (SSSR count). The first kappa shape index (κ1) is 14.3. The van der Waals surface area contributed by atoms with Gasteiger partial charge in [-0.15, -0.1) is 0 Å². The van der Waals surface area contributed by atoms with E-state index in [1.807, 2.05) is 31.2 Å². The van der Waals surface area contributed by atoms with E-state index in [4.69, 9.17) is 4.74 Å². The molecule has 18 heavy (non-hydrogen) atoms. The van der Waals surface area contributed by atoms with Crippen molar-refractivity contribution < 1.29 is 9.84 Å². The Bertz CT molecular complexity index is 367. The highest BCUT2D eigenvalue weighted by atomic mass is 127. The van der Waals surface area contributed by atoms with Crippen LogP contribution in [0.15, 0.2) is 24.3 Å². The van der Waals surface area contributed by atoms with Gasteiger partial charge in [0, 0.05) is 10.2 Å². The molecule has 2 unspecified atom stereocenters. The zero-order valence-electron chi connectivity index (χ0n) is 10.9. The molecule has 1 heterocycles. The van der Waals surface area contributed by atoms with Crippen LogP contribution in [-0.4, -0.2) is 17.8 Å². The van der Waals surface area contributed by atoms with Crippen molar-refractivity contribution in [2.45, 2.75) is 50.7 Å². The maximum absolute atomic E-state index is 10.5. The van der Waals surface area contributed by atoms with Crippen molar-refractivity contribution in [3.8, 4) is 0 Å². The summed E-state index contributed by atoms with van der Waals surface area (Å²) < 4.78 is 6.81. The van der Waals surface area contributed by atoms with E-state index < -0.39 is 5.60 Å². The second-order valence-corrected chi connectivity index (χ2v) is 6.55. The molecule has 0 bridgehead atoms. The second-order valence-electron chi connectivity index (χ2n) is 5.31. The molecule has 0 radical (unpaired) electrons. The summed E-state index contributed by atoms with van der Waals surface area (Å²) in [6.45, 7) is 2.82. The van der Waals surface area contributed by atoms with Crippen molar-refractivity contribution in [2.75, 3.05) is 6.61 Å². The van der Waals surface area contributed by atoms with Gasteiger partial charge in [-0.25, -0.2) is 0 Å². The normalized spacial score (nSPS) is 22.9. The maximum atomic E-state index is 10.5. The van der Waals surface area contributed by atoms with Crippen LogP contribution in [0.3, 0.4) is 0 Å². The highest BCUT2D eigenvalue weighted by molar-refractivity contribution is 14.1. The third kappa shape index (κ3) is 3.93. The Kier molecular flexibility index (Phi) is 5.04. The Hall–Kier alpha value is -0.130. The Labute approximate surface area is 123 Å². The summed E-state index contributed by atoms with van der Waals surface area (Å²) >= 11 is 2.28. The summed E-state index contributed by atoms with van der Waals surface area (Å²) in [4.78, 5) is 0. The first-order chi connectivity index (χ1) is 8.58. The molecule has 0 saturated carbocycles. The molecule has 0 aromatic heterocycles. The van der Waals surface area contributed by atoms with E-state index in [2.05, 4.69) is 22.6 Å². The van der Waals surface area contributed by atoms with Gasteiger partial charge in [-0.2, -0.15) is 0 Å². The predicted molar refractivity (Wildman–Crippen MR) is 81.6 cm³/mol. The number of hydrogen-bond donors (Lipinski definition) is 1. The summed E-state index contributed by atoms with van der Waals surface area (Å²) in [6.07, 6.45) is 5.69. The van der Waals surface area contributed by atoms with Gasteiger partial charge in [0.15, 0.2) is 0 Å². The average Bonchev–Trinajstić information content (AvgIpc) is 2.82. The van der Waals surface area contributed by atoms with Crippen molar-refractivity contribution in [1.29, 1.82) is 0 Å². The van der Waals surface area contributed by atoms with E-state index in [0.29, 0.717) is 6.10 Å². The molecule has 0 spiro atoms. The van der Waals surface area contributed by atoms with Crippen molar-refractivity contribution >= 4 is 22.6 Å². The van der Waals surface area contributed by atoms with Crippen LogP contribution < -0.4 is 0 Å². The highest BCUT2D eigenvalue weighted by Crippen LogP contribution is 2.28. The lowest BCUT2D eigenvalue weighted by atomic mass is 9.90. The molecular weight excluding hydrogens is 339 g/mol. The summed E-state index contributed by atoms with van der Waals surface area (Å²) in [7, 11) is 0. The van der Waals surface area contributed by atoms with E-state index in [9.17, 15) is 5.11 Å². The fourth-order valence-electron chi connectivity index (χ4n) is 2.50. The van der Waals surface area contributed by atoms with Crippen LogP contribution in [0.25, 0.3) is 0 Å². The number of ether oxygens (including phenoxy) is 1. The van der Waals surface area contributed by atoms with Crippen molar-refractivity contribution in [2.24, 2.45) is 0 Å². The van der Waals surface area contributed by atoms with Gasteiger partial charge in [-0.1, -0.05) is 12.1 Å². The number of aliphatic hydroxyl groups is 1. The van der Waals surface area contributed by atoms with Crippen LogP contribution in [0.5, 0.6) is 0 Å². The molecule has 0 aliphatic carbocycles. The minimum atomic E-state index is -0.719. The maximum Gasteiger partial charge on any atom is 0.0868 e. The summed E-state index contributed by atoms with van der Waals surface area (Å²) in [5.74, 6) is 0. The van der Waals surface area contributed by atoms with E-state index >= 15 is 0 Å². The first-order valence-corrected chi connectivity index (χ1v) is 7.76. The van der Waals surface area contributed by atoms with E-state index in [-0.39, 0.29) is 0 Å². The standard InChI is InChI=1S/C15H21IO2/c1-15(17,12-6-8-13(16)9-7-12)10-2-4-14-5-3-11-18-14/h6-9,14,17H,2-5,10-11H2,1H3. The van der Waals surface area contributed by atoms with E-state index in [1.165, 1.54) is 16.4 Å². The molecule has 0 amide bonds. The highest BCUT2D eigenvalue weighted by Gasteiger charge is 2.23. The number of rotatable bonds is 5. The average molecular weight is 360 g/mol. The quantitative estimate of drug-likeness (QED) is 0.809. The third-order valence-electron chi connectivity index (χ3n) is 3.68. The Balaban J connectivity index is 1.84. The van der Waals surface area contributed by atoms with Crippen LogP contribution in [-0.2, 0) is 10.3 Å². The van der Waals surface area contributed by atoms with Crippen molar-refractivity contribution in [3.63, 3.8) is 0 Å². The molecule has 3 heteroatoms. The second kappa shape index (κ2) is 6.35. The topological polar surface area (TPSA) is 29.5 Å². The van der Waals surface area contributed by atoms with Crippen LogP contribution in [0.4, 0.5) is 0 Å². The van der Waals surface area contributed by atoms with Crippen LogP contribution >= 0.6 is 22.6 Å². The van der Waals surface area contributed by atoms with Gasteiger partial charge in [-0.3, -0.25) is 0 Å². The fourth-order valence-corrected chi connectivity index (χ4v) is 2.86.